The number of benzene rings is 1. The van der Waals surface area contributed by atoms with Crippen LogP contribution in [0.25, 0.3) is 0 Å². The van der Waals surface area contributed by atoms with Gasteiger partial charge in [-0.2, -0.15) is 14.0 Å². The van der Waals surface area contributed by atoms with E-state index in [9.17, 15) is 14.0 Å². The summed E-state index contributed by atoms with van der Waals surface area (Å²) in [6.45, 7) is 0.522. The number of hydrogen-bond donors (Lipinski definition) is 0. The molecular formula is C12H17ClNO4+. The van der Waals surface area contributed by atoms with E-state index in [2.05, 4.69) is 0 Å². The molecule has 1 heterocycles. The van der Waals surface area contributed by atoms with Gasteiger partial charge in [0.25, 0.3) is 4.39 Å². The van der Waals surface area contributed by atoms with Gasteiger partial charge in [0.2, 0.25) is 0 Å². The van der Waals surface area contributed by atoms with Crippen molar-refractivity contribution in [2.45, 2.75) is 25.3 Å². The summed E-state index contributed by atoms with van der Waals surface area (Å²) in [7, 11) is -2.76. The lowest BCUT2D eigenvalue weighted by Crippen LogP contribution is -2.68. The SMILES string of the molecule is C[N+]1(O[Cl+3]([O-])([O-])[O-])CCCCC1c1ccccc1. The first-order chi connectivity index (χ1) is 8.41. The second-order valence-electron chi connectivity index (χ2n) is 4.77. The van der Waals surface area contributed by atoms with Gasteiger partial charge >= 0.3 is 0 Å². The number of likely N-dealkylation sites (tertiary alicyclic amines) is 1. The number of nitrogens with zero attached hydrogens (tertiary/aromatic N) is 1. The molecule has 18 heavy (non-hydrogen) atoms. The molecule has 5 nitrogen and oxygen atoms in total. The quantitative estimate of drug-likeness (QED) is 0.675. The molecule has 0 aliphatic carbocycles. The van der Waals surface area contributed by atoms with E-state index in [-0.39, 0.29) is 10.7 Å². The first-order valence-corrected chi connectivity index (χ1v) is 7.16. The Morgan fingerprint density at radius 1 is 1.17 bits per heavy atom. The van der Waals surface area contributed by atoms with Crippen molar-refractivity contribution < 1.29 is 33.3 Å². The van der Waals surface area contributed by atoms with Gasteiger partial charge in [-0.3, -0.25) is 0 Å². The normalized spacial score (nSPS) is 29.2. The standard InChI is InChI=1S/C12H17ClNO4/c1-14(18-13(15,16)17)10-6-5-9-12(14)11-7-3-2-4-8-11/h2-4,7-8,12H,5-6,9-10H2,1H3/q+1. The zero-order chi connectivity index (χ0) is 13.2. The Hall–Kier alpha value is -0.690. The van der Waals surface area contributed by atoms with Gasteiger partial charge in [-0.1, -0.05) is 30.3 Å². The minimum absolute atomic E-state index is 0.115. The van der Waals surface area contributed by atoms with Crippen molar-refractivity contribution in [3.8, 4) is 0 Å². The molecule has 0 radical (unpaired) electrons. The van der Waals surface area contributed by atoms with Gasteiger partial charge in [0.05, 0.1) is 0 Å². The number of hydrogen-bond acceptors (Lipinski definition) is 4. The molecule has 1 aromatic rings. The number of hydroxylamine groups is 3. The highest BCUT2D eigenvalue weighted by Crippen LogP contribution is 2.37. The Morgan fingerprint density at radius 2 is 1.83 bits per heavy atom. The summed E-state index contributed by atoms with van der Waals surface area (Å²) < 4.78 is 37.1. The Bertz CT molecular complexity index is 395. The molecule has 1 aliphatic heterocycles. The largest absolute Gasteiger partial charge is 0.269 e. The molecule has 0 bridgehead atoms. The summed E-state index contributed by atoms with van der Waals surface area (Å²) in [5.74, 6) is 0. The summed E-state index contributed by atoms with van der Waals surface area (Å²) in [5, 5.41) is 0. The zero-order valence-corrected chi connectivity index (χ0v) is 11.0. The van der Waals surface area contributed by atoms with Crippen molar-refractivity contribution in [2.24, 2.45) is 0 Å². The van der Waals surface area contributed by atoms with Crippen LogP contribution in [0.2, 0.25) is 0 Å². The van der Waals surface area contributed by atoms with Crippen molar-refractivity contribution in [2.75, 3.05) is 13.6 Å². The van der Waals surface area contributed by atoms with Crippen LogP contribution < -0.4 is 14.0 Å². The first kappa shape index (κ1) is 13.7. The van der Waals surface area contributed by atoms with E-state index in [1.165, 1.54) is 0 Å². The number of quaternary nitrogens is 1. The van der Waals surface area contributed by atoms with Crippen LogP contribution in [0.1, 0.15) is 30.9 Å². The third-order valence-electron chi connectivity index (χ3n) is 3.42. The molecule has 1 fully saturated rings. The topological polar surface area (TPSA) is 78.4 Å². The fraction of sp³-hybridized carbons (Fsp3) is 0.500. The molecule has 0 saturated carbocycles. The molecule has 0 spiro atoms. The molecule has 1 aliphatic rings. The van der Waals surface area contributed by atoms with Gasteiger partial charge in [-0.05, 0) is 11.1 Å². The molecule has 100 valence electrons. The van der Waals surface area contributed by atoms with Crippen molar-refractivity contribution in [1.82, 2.24) is 0 Å². The lowest BCUT2D eigenvalue weighted by atomic mass is 9.95. The lowest BCUT2D eigenvalue weighted by molar-refractivity contribution is -1.95. The predicted molar refractivity (Wildman–Crippen MR) is 55.2 cm³/mol. The van der Waals surface area contributed by atoms with Crippen molar-refractivity contribution in [3.05, 3.63) is 35.9 Å². The van der Waals surface area contributed by atoms with Crippen molar-refractivity contribution >= 4 is 0 Å². The number of rotatable bonds is 3. The minimum atomic E-state index is -4.42. The van der Waals surface area contributed by atoms with Crippen LogP contribution in [0, 0.1) is 10.2 Å². The van der Waals surface area contributed by atoms with E-state index in [1.54, 1.807) is 7.05 Å². The third-order valence-corrected chi connectivity index (χ3v) is 3.90. The minimum Gasteiger partial charge on any atom is -0.177 e. The smallest absolute Gasteiger partial charge is 0.177 e. The zero-order valence-electron chi connectivity index (χ0n) is 10.3. The summed E-state index contributed by atoms with van der Waals surface area (Å²) in [6, 6.07) is 9.46. The molecular weight excluding hydrogens is 258 g/mol. The number of piperidine rings is 1. The van der Waals surface area contributed by atoms with Crippen LogP contribution in [0.5, 0.6) is 0 Å². The van der Waals surface area contributed by atoms with Crippen LogP contribution in [-0.4, -0.2) is 18.2 Å². The Balaban J connectivity index is 2.26. The van der Waals surface area contributed by atoms with E-state index in [1.807, 2.05) is 30.3 Å². The van der Waals surface area contributed by atoms with Crippen LogP contribution in [0.15, 0.2) is 30.3 Å². The maximum Gasteiger partial charge on any atom is 0.269 e. The van der Waals surface area contributed by atoms with Crippen LogP contribution in [-0.2, 0) is 4.39 Å². The summed E-state index contributed by atoms with van der Waals surface area (Å²) in [6.07, 6.45) is 2.67. The molecule has 6 heteroatoms. The third kappa shape index (κ3) is 3.20. The Morgan fingerprint density at radius 3 is 2.44 bits per heavy atom. The first-order valence-electron chi connectivity index (χ1n) is 5.93. The molecule has 2 atom stereocenters. The molecule has 1 saturated heterocycles. The average Bonchev–Trinajstić information content (AvgIpc) is 2.27. The molecule has 1 aromatic carbocycles. The van der Waals surface area contributed by atoms with Gasteiger partial charge in [0.15, 0.2) is 6.04 Å². The highest BCUT2D eigenvalue weighted by molar-refractivity contribution is 5.17. The number of halogens is 1. The fourth-order valence-electron chi connectivity index (χ4n) is 2.63. The van der Waals surface area contributed by atoms with E-state index in [0.29, 0.717) is 6.54 Å². The lowest BCUT2D eigenvalue weighted by Gasteiger charge is -2.36. The Labute approximate surface area is 108 Å². The molecule has 0 aromatic heterocycles. The average molecular weight is 275 g/mol. The van der Waals surface area contributed by atoms with Gasteiger partial charge in [-0.15, -0.1) is 0 Å². The molecule has 0 amide bonds. The highest BCUT2D eigenvalue weighted by atomic mass is 35.7. The van der Waals surface area contributed by atoms with Crippen molar-refractivity contribution in [3.63, 3.8) is 0 Å². The predicted octanol–water partition coefficient (Wildman–Crippen LogP) is -0.813. The van der Waals surface area contributed by atoms with Crippen LogP contribution >= 0.6 is 0 Å². The summed E-state index contributed by atoms with van der Waals surface area (Å²) >= 11 is 0. The monoisotopic (exact) mass is 274 g/mol. The van der Waals surface area contributed by atoms with E-state index in [4.69, 9.17) is 4.39 Å². The van der Waals surface area contributed by atoms with E-state index in [0.717, 1.165) is 24.8 Å². The highest BCUT2D eigenvalue weighted by Gasteiger charge is 2.50. The Kier molecular flexibility index (Phi) is 3.91. The van der Waals surface area contributed by atoms with Crippen LogP contribution in [0.4, 0.5) is 0 Å². The molecule has 0 N–H and O–H groups in total. The van der Waals surface area contributed by atoms with Gasteiger partial charge in [-0.25, -0.2) is 0 Å². The maximum atomic E-state index is 10.9. The second-order valence-corrected chi connectivity index (χ2v) is 5.66. The summed E-state index contributed by atoms with van der Waals surface area (Å²) in [4.78, 5) is 0. The van der Waals surface area contributed by atoms with Gasteiger partial charge in [0, 0.05) is 18.4 Å². The van der Waals surface area contributed by atoms with Crippen LogP contribution in [0.3, 0.4) is 0 Å². The maximum absolute atomic E-state index is 10.9. The van der Waals surface area contributed by atoms with Crippen molar-refractivity contribution in [1.29, 1.82) is 0 Å². The molecule has 2 rings (SSSR count). The summed E-state index contributed by atoms with van der Waals surface area (Å²) in [5.41, 5.74) is 0.999. The van der Waals surface area contributed by atoms with E-state index < -0.39 is 10.2 Å². The van der Waals surface area contributed by atoms with Gasteiger partial charge < -0.3 is 0 Å². The molecule has 2 unspecified atom stereocenters. The fourth-order valence-corrected chi connectivity index (χ4v) is 3.18. The second kappa shape index (κ2) is 5.13. The van der Waals surface area contributed by atoms with E-state index >= 15 is 0 Å². The van der Waals surface area contributed by atoms with Gasteiger partial charge in [0.1, 0.15) is 23.8 Å².